The van der Waals surface area contributed by atoms with Gasteiger partial charge in [0.25, 0.3) is 0 Å². The Morgan fingerprint density at radius 1 is 1.25 bits per heavy atom. The minimum absolute atomic E-state index is 0.0274. The lowest BCUT2D eigenvalue weighted by Crippen LogP contribution is -2.52. The maximum absolute atomic E-state index is 13.0. The van der Waals surface area contributed by atoms with Gasteiger partial charge in [-0.15, -0.1) is 11.3 Å². The van der Waals surface area contributed by atoms with Crippen molar-refractivity contribution >= 4 is 33.0 Å². The fourth-order valence-corrected chi connectivity index (χ4v) is 5.85. The molecule has 3 atom stereocenters. The number of anilines is 1. The second kappa shape index (κ2) is 6.83. The van der Waals surface area contributed by atoms with Gasteiger partial charge in [0, 0.05) is 16.9 Å². The van der Waals surface area contributed by atoms with Crippen LogP contribution in [0.2, 0.25) is 0 Å². The Hall–Kier alpha value is -2.51. The third kappa shape index (κ3) is 2.61. The first-order valence-electron chi connectivity index (χ1n) is 9.74. The van der Waals surface area contributed by atoms with Gasteiger partial charge in [0.1, 0.15) is 6.61 Å². The number of nitrogens with zero attached hydrogens (tertiary/aromatic N) is 1. The van der Waals surface area contributed by atoms with Gasteiger partial charge < -0.3 is 25.4 Å². The van der Waals surface area contributed by atoms with Crippen molar-refractivity contribution in [1.29, 1.82) is 0 Å². The normalized spacial score (nSPS) is 24.3. The van der Waals surface area contributed by atoms with Crippen molar-refractivity contribution in [1.82, 2.24) is 9.88 Å². The molecule has 7 heteroatoms. The molecular weight excluding hydrogens is 374 g/mol. The van der Waals surface area contributed by atoms with E-state index in [-0.39, 0.29) is 23.9 Å². The lowest BCUT2D eigenvalue weighted by Gasteiger charge is -2.42. The van der Waals surface area contributed by atoms with E-state index in [9.17, 15) is 15.0 Å². The highest BCUT2D eigenvalue weighted by Gasteiger charge is 2.43. The van der Waals surface area contributed by atoms with E-state index in [1.165, 1.54) is 0 Å². The smallest absolute Gasteiger partial charge is 0.249 e. The van der Waals surface area contributed by atoms with Gasteiger partial charge in [-0.05, 0) is 35.2 Å². The number of aliphatic hydroxyl groups is 1. The fraction of sp³-hybridized carbons (Fsp3) is 0.381. The Bertz CT molecular complexity index is 1030. The van der Waals surface area contributed by atoms with Crippen LogP contribution in [0.3, 0.4) is 0 Å². The molecule has 2 aromatic heterocycles. The van der Waals surface area contributed by atoms with Crippen LogP contribution in [0.4, 0.5) is 5.69 Å². The number of carbonyl (C=O) groups is 1. The summed E-state index contributed by atoms with van der Waals surface area (Å²) < 4.78 is 1.10. The third-order valence-electron chi connectivity index (χ3n) is 6.11. The van der Waals surface area contributed by atoms with Crippen molar-refractivity contribution < 1.29 is 15.0 Å². The Kier molecular flexibility index (Phi) is 4.29. The Morgan fingerprint density at radius 2 is 2.11 bits per heavy atom. The molecule has 6 nitrogen and oxygen atoms in total. The second-order valence-corrected chi connectivity index (χ2v) is 8.53. The summed E-state index contributed by atoms with van der Waals surface area (Å²) in [5.41, 5.74) is 2.50. The first-order valence-corrected chi connectivity index (χ1v) is 10.6. The molecule has 3 aromatic rings. The summed E-state index contributed by atoms with van der Waals surface area (Å²) in [4.78, 5) is 17.8. The SMILES string of the molecule is O=C(CO)N1[C@H](c2cccc3ccsc23)c2c(c[nH]c2O)N[C@@H]2CCCC[C@H]21. The van der Waals surface area contributed by atoms with Crippen LogP contribution in [0.1, 0.15) is 42.9 Å². The van der Waals surface area contributed by atoms with Crippen molar-refractivity contribution in [2.75, 3.05) is 11.9 Å². The molecule has 0 bridgehead atoms. The minimum atomic E-state index is -0.541. The quantitative estimate of drug-likeness (QED) is 0.532. The number of thiophene rings is 1. The molecule has 28 heavy (non-hydrogen) atoms. The third-order valence-corrected chi connectivity index (χ3v) is 7.08. The van der Waals surface area contributed by atoms with E-state index in [0.717, 1.165) is 47.0 Å². The molecule has 3 heterocycles. The van der Waals surface area contributed by atoms with Crippen LogP contribution in [-0.4, -0.2) is 44.7 Å². The Balaban J connectivity index is 1.78. The highest BCUT2D eigenvalue weighted by Crippen LogP contribution is 2.47. The van der Waals surface area contributed by atoms with Crippen LogP contribution >= 0.6 is 11.3 Å². The molecule has 2 aliphatic rings. The molecule has 5 rings (SSSR count). The van der Waals surface area contributed by atoms with Crippen molar-refractivity contribution in [3.05, 3.63) is 47.0 Å². The molecule has 1 amide bonds. The molecule has 1 saturated carbocycles. The number of amides is 1. The summed E-state index contributed by atoms with van der Waals surface area (Å²) in [6.07, 6.45) is 5.78. The number of aromatic hydroxyl groups is 1. The predicted octanol–water partition coefficient (Wildman–Crippen LogP) is 3.58. The lowest BCUT2D eigenvalue weighted by atomic mass is 9.87. The molecule has 1 fully saturated rings. The number of hydrogen-bond donors (Lipinski definition) is 4. The zero-order valence-corrected chi connectivity index (χ0v) is 16.2. The zero-order chi connectivity index (χ0) is 19.3. The Labute approximate surface area is 166 Å². The summed E-state index contributed by atoms with van der Waals surface area (Å²) in [6, 6.07) is 7.77. The molecule has 0 unspecified atom stereocenters. The fourth-order valence-electron chi connectivity index (χ4n) is 4.91. The van der Waals surface area contributed by atoms with E-state index in [2.05, 4.69) is 22.4 Å². The van der Waals surface area contributed by atoms with E-state index < -0.39 is 12.6 Å². The number of aromatic amines is 1. The van der Waals surface area contributed by atoms with E-state index in [1.54, 1.807) is 17.5 Å². The summed E-state index contributed by atoms with van der Waals surface area (Å²) in [6.45, 7) is -0.541. The molecule has 1 aliphatic heterocycles. The highest BCUT2D eigenvalue weighted by molar-refractivity contribution is 7.17. The van der Waals surface area contributed by atoms with Gasteiger partial charge in [0.05, 0.1) is 23.3 Å². The number of hydrogen-bond acceptors (Lipinski definition) is 5. The summed E-state index contributed by atoms with van der Waals surface area (Å²) >= 11 is 1.64. The van der Waals surface area contributed by atoms with Gasteiger partial charge in [-0.1, -0.05) is 31.0 Å². The number of aliphatic hydroxyl groups excluding tert-OH is 1. The van der Waals surface area contributed by atoms with Gasteiger partial charge in [-0.2, -0.15) is 0 Å². The van der Waals surface area contributed by atoms with Gasteiger partial charge in [0.15, 0.2) is 5.88 Å². The maximum Gasteiger partial charge on any atom is 0.249 e. The highest BCUT2D eigenvalue weighted by atomic mass is 32.1. The van der Waals surface area contributed by atoms with Crippen LogP contribution in [0.25, 0.3) is 10.1 Å². The van der Waals surface area contributed by atoms with Gasteiger partial charge in [0.2, 0.25) is 5.91 Å². The molecule has 1 aromatic carbocycles. The number of rotatable bonds is 2. The van der Waals surface area contributed by atoms with Crippen LogP contribution in [-0.2, 0) is 4.79 Å². The van der Waals surface area contributed by atoms with E-state index in [0.29, 0.717) is 5.56 Å². The number of aromatic nitrogens is 1. The summed E-state index contributed by atoms with van der Waals surface area (Å²) in [5, 5.41) is 27.2. The first kappa shape index (κ1) is 17.6. The van der Waals surface area contributed by atoms with Crippen LogP contribution in [0, 0.1) is 0 Å². The van der Waals surface area contributed by atoms with E-state index >= 15 is 0 Å². The Morgan fingerprint density at radius 3 is 2.96 bits per heavy atom. The number of benzene rings is 1. The topological polar surface area (TPSA) is 88.6 Å². The molecule has 4 N–H and O–H groups in total. The average Bonchev–Trinajstić information content (AvgIpc) is 3.30. The van der Waals surface area contributed by atoms with Crippen LogP contribution < -0.4 is 5.32 Å². The predicted molar refractivity (Wildman–Crippen MR) is 110 cm³/mol. The number of H-pyrrole nitrogens is 1. The van der Waals surface area contributed by atoms with Crippen molar-refractivity contribution in [2.24, 2.45) is 0 Å². The van der Waals surface area contributed by atoms with Crippen molar-refractivity contribution in [3.63, 3.8) is 0 Å². The van der Waals surface area contributed by atoms with Crippen LogP contribution in [0.5, 0.6) is 5.88 Å². The second-order valence-electron chi connectivity index (χ2n) is 7.62. The molecule has 0 spiro atoms. The average molecular weight is 398 g/mol. The number of carbonyl (C=O) groups excluding carboxylic acids is 1. The first-order chi connectivity index (χ1) is 13.7. The maximum atomic E-state index is 13.0. The van der Waals surface area contributed by atoms with Gasteiger partial charge >= 0.3 is 0 Å². The minimum Gasteiger partial charge on any atom is -0.494 e. The van der Waals surface area contributed by atoms with Crippen molar-refractivity contribution in [2.45, 2.75) is 43.8 Å². The molecule has 0 saturated heterocycles. The molecular formula is C21H23N3O3S. The standard InChI is InChI=1S/C21H23N3O3S/c25-11-17(26)24-16-7-2-1-6-14(16)23-15-10-22-21(27)18(15)19(24)13-5-3-4-12-8-9-28-20(12)13/h3-5,8-10,14,16,19,22-23,25,27H,1-2,6-7,11H2/t14-,16-,19-/m1/s1. The van der Waals surface area contributed by atoms with E-state index in [4.69, 9.17) is 0 Å². The van der Waals surface area contributed by atoms with Crippen molar-refractivity contribution in [3.8, 4) is 5.88 Å². The monoisotopic (exact) mass is 397 g/mol. The summed E-state index contributed by atoms with van der Waals surface area (Å²) in [7, 11) is 0. The van der Waals surface area contributed by atoms with E-state index in [1.807, 2.05) is 22.4 Å². The molecule has 146 valence electrons. The number of fused-ring (bicyclic) bond motifs is 3. The van der Waals surface area contributed by atoms with Crippen LogP contribution in [0.15, 0.2) is 35.8 Å². The molecule has 1 aliphatic carbocycles. The largest absolute Gasteiger partial charge is 0.494 e. The van der Waals surface area contributed by atoms with Gasteiger partial charge in [-0.25, -0.2) is 0 Å². The molecule has 0 radical (unpaired) electrons. The zero-order valence-electron chi connectivity index (χ0n) is 15.4. The summed E-state index contributed by atoms with van der Waals surface area (Å²) in [5.74, 6) is -0.235. The number of nitrogens with one attached hydrogen (secondary N) is 2. The van der Waals surface area contributed by atoms with Gasteiger partial charge in [-0.3, -0.25) is 4.79 Å². The lowest BCUT2D eigenvalue weighted by molar-refractivity contribution is -0.139.